The average Bonchev–Trinajstić information content (AvgIpc) is 3.22. The van der Waals surface area contributed by atoms with E-state index in [9.17, 15) is 4.79 Å². The van der Waals surface area contributed by atoms with Gasteiger partial charge in [0.2, 0.25) is 0 Å². The zero-order valence-corrected chi connectivity index (χ0v) is 13.1. The number of aromatic nitrogens is 2. The highest BCUT2D eigenvalue weighted by Crippen LogP contribution is 2.26. The predicted octanol–water partition coefficient (Wildman–Crippen LogP) is 3.31. The second-order valence-electron chi connectivity index (χ2n) is 5.14. The average molecular weight is 322 g/mol. The summed E-state index contributed by atoms with van der Waals surface area (Å²) in [6.07, 6.45) is 3.37. The van der Waals surface area contributed by atoms with Crippen LogP contribution in [0.4, 0.5) is 5.69 Å². The number of thioether (sulfide) groups is 1. The lowest BCUT2D eigenvalue weighted by atomic mass is 10.2. The number of aromatic amines is 1. The molecule has 3 aromatic rings. The number of carbonyl (C=O) groups is 1. The molecule has 1 aliphatic heterocycles. The Bertz CT molecular complexity index is 888. The summed E-state index contributed by atoms with van der Waals surface area (Å²) < 4.78 is 0. The van der Waals surface area contributed by atoms with Crippen LogP contribution in [-0.4, -0.2) is 33.3 Å². The predicted molar refractivity (Wildman–Crippen MR) is 94.1 cm³/mol. The van der Waals surface area contributed by atoms with Crippen LogP contribution in [0.3, 0.4) is 0 Å². The normalized spacial score (nSPS) is 16.3. The van der Waals surface area contributed by atoms with Crippen molar-refractivity contribution < 1.29 is 4.79 Å². The van der Waals surface area contributed by atoms with Gasteiger partial charge in [0.05, 0.1) is 5.56 Å². The van der Waals surface area contributed by atoms with Crippen molar-refractivity contribution >= 4 is 39.6 Å². The number of hydrogen-bond acceptors (Lipinski definition) is 3. The van der Waals surface area contributed by atoms with Crippen molar-refractivity contribution in [1.82, 2.24) is 9.97 Å². The molecule has 4 rings (SSSR count). The van der Waals surface area contributed by atoms with Crippen molar-refractivity contribution in [3.63, 3.8) is 0 Å². The maximum Gasteiger partial charge on any atom is 0.281 e. The minimum atomic E-state index is -0.241. The summed E-state index contributed by atoms with van der Waals surface area (Å²) in [5, 5.41) is 1.55. The Balaban J connectivity index is 1.67. The van der Waals surface area contributed by atoms with Crippen molar-refractivity contribution in [3.8, 4) is 0 Å². The van der Waals surface area contributed by atoms with E-state index in [4.69, 9.17) is 0 Å². The standard InChI is InChI=1S/C17H14N4OS/c22-16(14-11-19-15-13(14)7-4-8-18-15)20-17-21(9-10-23-17)12-5-2-1-3-6-12/h1-8,11H,9-10H2,(H,18,19). The van der Waals surface area contributed by atoms with Crippen molar-refractivity contribution in [1.29, 1.82) is 0 Å². The molecular weight excluding hydrogens is 308 g/mol. The Morgan fingerprint density at radius 2 is 2.09 bits per heavy atom. The smallest absolute Gasteiger partial charge is 0.281 e. The fraction of sp³-hybridized carbons (Fsp3) is 0.118. The molecule has 0 atom stereocenters. The molecule has 5 nitrogen and oxygen atoms in total. The summed E-state index contributed by atoms with van der Waals surface area (Å²) in [7, 11) is 0. The molecule has 114 valence electrons. The van der Waals surface area contributed by atoms with Crippen LogP contribution in [0.2, 0.25) is 0 Å². The molecule has 0 unspecified atom stereocenters. The molecule has 1 aliphatic rings. The molecule has 6 heteroatoms. The third-order valence-electron chi connectivity index (χ3n) is 3.72. The summed E-state index contributed by atoms with van der Waals surface area (Å²) in [5.74, 6) is 0.686. The van der Waals surface area contributed by atoms with Crippen LogP contribution in [0.1, 0.15) is 10.4 Å². The molecule has 3 heterocycles. The minimum absolute atomic E-state index is 0.241. The molecule has 1 amide bonds. The molecule has 0 bridgehead atoms. The van der Waals surface area contributed by atoms with Crippen LogP contribution in [0.5, 0.6) is 0 Å². The van der Waals surface area contributed by atoms with Crippen molar-refractivity contribution in [2.75, 3.05) is 17.2 Å². The van der Waals surface area contributed by atoms with E-state index in [1.807, 2.05) is 42.5 Å². The Labute approximate surface area is 137 Å². The molecule has 0 radical (unpaired) electrons. The second kappa shape index (κ2) is 5.89. The number of carbonyl (C=O) groups excluding carboxylic acids is 1. The number of hydrogen-bond donors (Lipinski definition) is 1. The third kappa shape index (κ3) is 2.61. The van der Waals surface area contributed by atoms with E-state index in [0.29, 0.717) is 11.2 Å². The molecular formula is C17H14N4OS. The van der Waals surface area contributed by atoms with E-state index in [1.165, 1.54) is 0 Å². The van der Waals surface area contributed by atoms with Gasteiger partial charge in [0.25, 0.3) is 5.91 Å². The van der Waals surface area contributed by atoms with Crippen LogP contribution in [0.25, 0.3) is 11.0 Å². The van der Waals surface area contributed by atoms with Gasteiger partial charge in [-0.3, -0.25) is 4.79 Å². The van der Waals surface area contributed by atoms with Crippen LogP contribution < -0.4 is 4.90 Å². The first-order chi connectivity index (χ1) is 11.3. The number of para-hydroxylation sites is 1. The number of fused-ring (bicyclic) bond motifs is 1. The van der Waals surface area contributed by atoms with E-state index >= 15 is 0 Å². The summed E-state index contributed by atoms with van der Waals surface area (Å²) in [4.78, 5) is 26.2. The maximum absolute atomic E-state index is 12.6. The van der Waals surface area contributed by atoms with Gasteiger partial charge < -0.3 is 9.88 Å². The number of aliphatic imine (C=N–C) groups is 1. The van der Waals surface area contributed by atoms with Crippen LogP contribution in [-0.2, 0) is 0 Å². The number of H-pyrrole nitrogens is 1. The van der Waals surface area contributed by atoms with Crippen molar-refractivity contribution in [2.24, 2.45) is 4.99 Å². The van der Waals surface area contributed by atoms with Gasteiger partial charge in [-0.1, -0.05) is 30.0 Å². The van der Waals surface area contributed by atoms with Gasteiger partial charge >= 0.3 is 0 Å². The van der Waals surface area contributed by atoms with Crippen molar-refractivity contribution in [3.05, 3.63) is 60.4 Å². The lowest BCUT2D eigenvalue weighted by Gasteiger charge is -2.17. The topological polar surface area (TPSA) is 61.4 Å². The molecule has 23 heavy (non-hydrogen) atoms. The highest BCUT2D eigenvalue weighted by Gasteiger charge is 2.23. The zero-order chi connectivity index (χ0) is 15.6. The molecule has 0 aliphatic carbocycles. The SMILES string of the molecule is O=C(N=C1SCCN1c1ccccc1)c1c[nH]c2ncccc12. The zero-order valence-electron chi connectivity index (χ0n) is 12.3. The lowest BCUT2D eigenvalue weighted by Crippen LogP contribution is -2.24. The van der Waals surface area contributed by atoms with Gasteiger partial charge in [-0.15, -0.1) is 0 Å². The highest BCUT2D eigenvalue weighted by atomic mass is 32.2. The highest BCUT2D eigenvalue weighted by molar-refractivity contribution is 8.14. The number of rotatable bonds is 2. The molecule has 1 N–H and O–H groups in total. The third-order valence-corrected chi connectivity index (χ3v) is 4.68. The minimum Gasteiger partial charge on any atom is -0.345 e. The number of benzene rings is 1. The molecule has 1 aromatic carbocycles. The monoisotopic (exact) mass is 322 g/mol. The van der Waals surface area contributed by atoms with E-state index < -0.39 is 0 Å². The largest absolute Gasteiger partial charge is 0.345 e. The summed E-state index contributed by atoms with van der Waals surface area (Å²) in [6.45, 7) is 0.857. The van der Waals surface area contributed by atoms with E-state index in [1.54, 1.807) is 24.2 Å². The molecule has 2 aromatic heterocycles. The van der Waals surface area contributed by atoms with E-state index in [-0.39, 0.29) is 5.91 Å². The van der Waals surface area contributed by atoms with Crippen LogP contribution in [0.15, 0.2) is 59.9 Å². The van der Waals surface area contributed by atoms with Gasteiger partial charge in [0.1, 0.15) is 5.65 Å². The number of amides is 1. The van der Waals surface area contributed by atoms with Crippen LogP contribution >= 0.6 is 11.8 Å². The molecule has 0 spiro atoms. The Hall–Kier alpha value is -2.60. The van der Waals surface area contributed by atoms with Gasteiger partial charge in [-0.25, -0.2) is 4.98 Å². The number of nitrogens with one attached hydrogen (secondary N) is 1. The Morgan fingerprint density at radius 3 is 2.96 bits per heavy atom. The Kier molecular flexibility index (Phi) is 3.59. The number of nitrogens with zero attached hydrogens (tertiary/aromatic N) is 3. The first-order valence-electron chi connectivity index (χ1n) is 7.33. The summed E-state index contributed by atoms with van der Waals surface area (Å²) in [5.41, 5.74) is 2.32. The number of pyridine rings is 1. The fourth-order valence-electron chi connectivity index (χ4n) is 2.62. The number of amidine groups is 1. The van der Waals surface area contributed by atoms with E-state index in [0.717, 1.165) is 28.5 Å². The van der Waals surface area contributed by atoms with Gasteiger partial charge in [0, 0.05) is 35.8 Å². The Morgan fingerprint density at radius 1 is 1.22 bits per heavy atom. The fourth-order valence-corrected chi connectivity index (χ4v) is 3.58. The first-order valence-corrected chi connectivity index (χ1v) is 8.32. The van der Waals surface area contributed by atoms with Crippen molar-refractivity contribution in [2.45, 2.75) is 0 Å². The summed E-state index contributed by atoms with van der Waals surface area (Å²) >= 11 is 1.61. The maximum atomic E-state index is 12.6. The molecule has 0 saturated carbocycles. The first kappa shape index (κ1) is 14.0. The molecule has 1 fully saturated rings. The van der Waals surface area contributed by atoms with Crippen LogP contribution in [0, 0.1) is 0 Å². The van der Waals surface area contributed by atoms with Gasteiger partial charge in [-0.2, -0.15) is 4.99 Å². The number of anilines is 1. The van der Waals surface area contributed by atoms with Gasteiger partial charge in [0.15, 0.2) is 5.17 Å². The molecule has 1 saturated heterocycles. The van der Waals surface area contributed by atoms with E-state index in [2.05, 4.69) is 19.9 Å². The summed E-state index contributed by atoms with van der Waals surface area (Å²) in [6, 6.07) is 13.7. The van der Waals surface area contributed by atoms with Gasteiger partial charge in [-0.05, 0) is 24.3 Å². The lowest BCUT2D eigenvalue weighted by molar-refractivity contribution is 0.100. The second-order valence-corrected chi connectivity index (χ2v) is 6.20. The quantitative estimate of drug-likeness (QED) is 0.786.